The van der Waals surface area contributed by atoms with E-state index in [1.54, 1.807) is 0 Å². The van der Waals surface area contributed by atoms with Crippen LogP contribution in [0.2, 0.25) is 0 Å². The normalized spacial score (nSPS) is 49.4. The van der Waals surface area contributed by atoms with Crippen LogP contribution < -0.4 is 0 Å². The number of rotatable bonds is 4. The molecule has 3 saturated carbocycles. The Morgan fingerprint density at radius 1 is 1.06 bits per heavy atom. The summed E-state index contributed by atoms with van der Waals surface area (Å²) in [5, 5.41) is 34.1. The van der Waals surface area contributed by atoms with E-state index in [-0.39, 0.29) is 51.8 Å². The van der Waals surface area contributed by atoms with Gasteiger partial charge in [-0.2, -0.15) is 0 Å². The second kappa shape index (κ2) is 8.20. The van der Waals surface area contributed by atoms with E-state index in [1.165, 1.54) is 11.1 Å². The first kappa shape index (κ1) is 25.5. The molecule has 0 radical (unpaired) electrons. The van der Waals surface area contributed by atoms with Crippen LogP contribution >= 0.6 is 0 Å². The number of aliphatic hydroxyl groups excluding tert-OH is 3. The maximum absolute atomic E-state index is 11.8. The molecule has 10 atom stereocenters. The van der Waals surface area contributed by atoms with Crippen molar-refractivity contribution in [1.29, 1.82) is 0 Å². The Kier molecular flexibility index (Phi) is 6.33. The average Bonchev–Trinajstić information content (AvgIpc) is 2.89. The summed E-state index contributed by atoms with van der Waals surface area (Å²) in [5.74, 6) is 1.13. The highest BCUT2D eigenvalue weighted by atomic mass is 16.3. The van der Waals surface area contributed by atoms with Crippen LogP contribution in [0.3, 0.4) is 0 Å². The van der Waals surface area contributed by atoms with E-state index in [9.17, 15) is 15.3 Å². The minimum absolute atomic E-state index is 0.00529. The van der Waals surface area contributed by atoms with Crippen LogP contribution in [-0.2, 0) is 0 Å². The molecule has 4 rings (SSSR count). The summed E-state index contributed by atoms with van der Waals surface area (Å²) in [6.07, 6.45) is 10.3. The van der Waals surface area contributed by atoms with Gasteiger partial charge < -0.3 is 15.3 Å². The van der Waals surface area contributed by atoms with E-state index in [1.807, 2.05) is 0 Å². The van der Waals surface area contributed by atoms with Crippen LogP contribution in [0, 0.1) is 45.3 Å². The zero-order valence-corrected chi connectivity index (χ0v) is 22.5. The van der Waals surface area contributed by atoms with Gasteiger partial charge >= 0.3 is 0 Å². The van der Waals surface area contributed by atoms with E-state index >= 15 is 0 Å². The van der Waals surface area contributed by atoms with Crippen molar-refractivity contribution >= 4 is 0 Å². The molecule has 0 saturated heterocycles. The van der Waals surface area contributed by atoms with Gasteiger partial charge in [-0.25, -0.2) is 0 Å². The second-order valence-electron chi connectivity index (χ2n) is 14.0. The molecule has 0 aromatic heterocycles. The molecule has 0 aromatic rings. The predicted molar refractivity (Wildman–Crippen MR) is 136 cm³/mol. The van der Waals surface area contributed by atoms with E-state index in [0.29, 0.717) is 11.8 Å². The molecule has 188 valence electrons. The van der Waals surface area contributed by atoms with E-state index in [0.717, 1.165) is 44.9 Å². The van der Waals surface area contributed by atoms with E-state index in [2.05, 4.69) is 67.5 Å². The number of hydrogen-bond donors (Lipinski definition) is 3. The Labute approximate surface area is 202 Å². The predicted octanol–water partition coefficient (Wildman–Crippen LogP) is 6.28. The lowest BCUT2D eigenvalue weighted by Gasteiger charge is -2.65. The fourth-order valence-electron chi connectivity index (χ4n) is 9.72. The lowest BCUT2D eigenvalue weighted by Crippen LogP contribution is -2.61. The third-order valence-corrected chi connectivity index (χ3v) is 11.6. The van der Waals surface area contributed by atoms with Crippen molar-refractivity contribution in [3.05, 3.63) is 23.3 Å². The van der Waals surface area contributed by atoms with E-state index in [4.69, 9.17) is 0 Å². The molecule has 33 heavy (non-hydrogen) atoms. The Balaban J connectivity index is 1.71. The summed E-state index contributed by atoms with van der Waals surface area (Å²) in [6.45, 7) is 18.2. The Morgan fingerprint density at radius 3 is 2.36 bits per heavy atom. The number of fused-ring (bicyclic) bond motifs is 5. The van der Waals surface area contributed by atoms with Crippen LogP contribution in [-0.4, -0.2) is 33.6 Å². The molecule has 4 aliphatic carbocycles. The van der Waals surface area contributed by atoms with Crippen molar-refractivity contribution in [2.45, 2.75) is 119 Å². The molecule has 0 amide bonds. The average molecular weight is 459 g/mol. The summed E-state index contributed by atoms with van der Waals surface area (Å²) in [5.41, 5.74) is 2.44. The lowest BCUT2D eigenvalue weighted by atomic mass is 9.40. The molecule has 4 aliphatic rings. The first-order chi connectivity index (χ1) is 15.2. The number of allylic oxidation sites excluding steroid dienone is 3. The van der Waals surface area contributed by atoms with Gasteiger partial charge in [-0.1, -0.05) is 64.8 Å². The number of hydrogen-bond acceptors (Lipinski definition) is 3. The third-order valence-electron chi connectivity index (χ3n) is 11.6. The Hall–Kier alpha value is -0.640. The molecule has 3 nitrogen and oxygen atoms in total. The highest BCUT2D eigenvalue weighted by Crippen LogP contribution is 2.73. The maximum atomic E-state index is 11.8. The van der Waals surface area contributed by atoms with Crippen LogP contribution in [0.5, 0.6) is 0 Å². The standard InChI is InChI=1S/C30H50O3/c1-18(2)10-9-11-19(3)25-21(31)16-29(7)20-12-13-23-27(4,5)24(33)14-15-28(23,6)26(20)22(32)17-30(25,29)8/h10,12,19,21-26,31-33H,9,11,13-17H2,1-8H3. The van der Waals surface area contributed by atoms with Gasteiger partial charge in [0.15, 0.2) is 0 Å². The molecular formula is C30H50O3. The van der Waals surface area contributed by atoms with Crippen molar-refractivity contribution in [1.82, 2.24) is 0 Å². The third kappa shape index (κ3) is 3.54. The summed E-state index contributed by atoms with van der Waals surface area (Å²) in [7, 11) is 0. The molecular weight excluding hydrogens is 408 g/mol. The van der Waals surface area contributed by atoms with Crippen molar-refractivity contribution in [2.24, 2.45) is 45.3 Å². The summed E-state index contributed by atoms with van der Waals surface area (Å²) >= 11 is 0. The molecule has 0 aliphatic heterocycles. The summed E-state index contributed by atoms with van der Waals surface area (Å²) in [4.78, 5) is 0. The molecule has 10 unspecified atom stereocenters. The largest absolute Gasteiger partial charge is 0.393 e. The van der Waals surface area contributed by atoms with E-state index < -0.39 is 0 Å². The maximum Gasteiger partial charge on any atom is 0.0616 e. The molecule has 3 N–H and O–H groups in total. The van der Waals surface area contributed by atoms with Gasteiger partial charge in [0.05, 0.1) is 18.3 Å². The molecule has 0 bridgehead atoms. The molecule has 3 heteroatoms. The van der Waals surface area contributed by atoms with Crippen molar-refractivity contribution < 1.29 is 15.3 Å². The minimum atomic E-state index is -0.383. The van der Waals surface area contributed by atoms with Crippen molar-refractivity contribution in [3.63, 3.8) is 0 Å². The summed E-state index contributed by atoms with van der Waals surface area (Å²) in [6, 6.07) is 0. The first-order valence-corrected chi connectivity index (χ1v) is 13.6. The fraction of sp³-hybridized carbons (Fsp3) is 0.867. The molecule has 0 spiro atoms. The highest BCUT2D eigenvalue weighted by Gasteiger charge is 2.69. The monoisotopic (exact) mass is 458 g/mol. The fourth-order valence-corrected chi connectivity index (χ4v) is 9.72. The SMILES string of the molecule is CC(C)=CCCC(C)C1C(O)CC2(C)C3=CCC4C(C)(C)C(O)CCC4(C)C3C(O)CC12C. The van der Waals surface area contributed by atoms with Crippen LogP contribution in [0.1, 0.15) is 100 Å². The topological polar surface area (TPSA) is 60.7 Å². The lowest BCUT2D eigenvalue weighted by molar-refractivity contribution is -0.161. The molecule has 0 heterocycles. The van der Waals surface area contributed by atoms with Gasteiger partial charge in [-0.05, 0) is 98.2 Å². The zero-order chi connectivity index (χ0) is 24.6. The summed E-state index contributed by atoms with van der Waals surface area (Å²) < 4.78 is 0. The van der Waals surface area contributed by atoms with Crippen molar-refractivity contribution in [3.8, 4) is 0 Å². The van der Waals surface area contributed by atoms with Crippen LogP contribution in [0.4, 0.5) is 0 Å². The quantitative estimate of drug-likeness (QED) is 0.435. The Morgan fingerprint density at radius 2 is 1.73 bits per heavy atom. The zero-order valence-electron chi connectivity index (χ0n) is 22.5. The van der Waals surface area contributed by atoms with Crippen LogP contribution in [0.25, 0.3) is 0 Å². The van der Waals surface area contributed by atoms with Gasteiger partial charge in [-0.3, -0.25) is 0 Å². The number of aliphatic hydroxyl groups is 3. The van der Waals surface area contributed by atoms with Crippen LogP contribution in [0.15, 0.2) is 23.3 Å². The second-order valence-corrected chi connectivity index (χ2v) is 14.0. The smallest absolute Gasteiger partial charge is 0.0616 e. The van der Waals surface area contributed by atoms with Gasteiger partial charge in [-0.15, -0.1) is 0 Å². The minimum Gasteiger partial charge on any atom is -0.393 e. The van der Waals surface area contributed by atoms with Gasteiger partial charge in [0.1, 0.15) is 0 Å². The van der Waals surface area contributed by atoms with Gasteiger partial charge in [0.25, 0.3) is 0 Å². The van der Waals surface area contributed by atoms with Gasteiger partial charge in [0, 0.05) is 5.92 Å². The highest BCUT2D eigenvalue weighted by molar-refractivity contribution is 5.35. The molecule has 3 fully saturated rings. The van der Waals surface area contributed by atoms with Crippen molar-refractivity contribution in [2.75, 3.05) is 0 Å². The Bertz CT molecular complexity index is 822. The molecule has 0 aromatic carbocycles. The first-order valence-electron chi connectivity index (χ1n) is 13.6. The van der Waals surface area contributed by atoms with Gasteiger partial charge in [0.2, 0.25) is 0 Å².